The molecule has 0 amide bonds. The van der Waals surface area contributed by atoms with Crippen molar-refractivity contribution in [1.82, 2.24) is 0 Å². The number of rotatable bonds is 1. The molecule has 0 fully saturated rings. The SMILES string of the molecule is N#CC1C(=N)Oc2c(ccc3ccccc23)C1c1ccc(Cl)c(Cl)c1. The van der Waals surface area contributed by atoms with Crippen molar-refractivity contribution in [2.24, 2.45) is 5.92 Å². The van der Waals surface area contributed by atoms with E-state index in [1.54, 1.807) is 12.1 Å². The molecule has 2 unspecified atom stereocenters. The van der Waals surface area contributed by atoms with E-state index in [1.807, 2.05) is 42.5 Å². The van der Waals surface area contributed by atoms with Crippen molar-refractivity contribution in [2.45, 2.75) is 5.92 Å². The summed E-state index contributed by atoms with van der Waals surface area (Å²) in [6.07, 6.45) is 0. The molecule has 0 saturated carbocycles. The lowest BCUT2D eigenvalue weighted by Crippen LogP contribution is -2.31. The number of fused-ring (bicyclic) bond motifs is 3. The fourth-order valence-corrected chi connectivity index (χ4v) is 3.64. The van der Waals surface area contributed by atoms with Crippen LogP contribution in [0.4, 0.5) is 0 Å². The molecule has 1 heterocycles. The number of nitrogens with zero attached hydrogens (tertiary/aromatic N) is 1. The molecule has 3 aromatic carbocycles. The molecule has 1 aliphatic rings. The molecule has 25 heavy (non-hydrogen) atoms. The molecule has 122 valence electrons. The number of halogens is 2. The van der Waals surface area contributed by atoms with Gasteiger partial charge in [0, 0.05) is 16.9 Å². The monoisotopic (exact) mass is 366 g/mol. The maximum atomic E-state index is 9.63. The number of hydrogen-bond donors (Lipinski definition) is 1. The molecule has 0 saturated heterocycles. The molecule has 3 nitrogen and oxygen atoms in total. The molecule has 0 radical (unpaired) electrons. The van der Waals surface area contributed by atoms with Crippen LogP contribution >= 0.6 is 23.2 Å². The summed E-state index contributed by atoms with van der Waals surface area (Å²) in [5, 5.41) is 20.7. The molecule has 1 aliphatic heterocycles. The van der Waals surface area contributed by atoms with Gasteiger partial charge < -0.3 is 4.74 Å². The van der Waals surface area contributed by atoms with Crippen molar-refractivity contribution in [3.8, 4) is 11.8 Å². The van der Waals surface area contributed by atoms with Gasteiger partial charge >= 0.3 is 0 Å². The first-order valence-electron chi connectivity index (χ1n) is 7.72. The highest BCUT2D eigenvalue weighted by Gasteiger charge is 2.37. The Morgan fingerprint density at radius 1 is 1.00 bits per heavy atom. The van der Waals surface area contributed by atoms with Gasteiger partial charge in [0.25, 0.3) is 0 Å². The van der Waals surface area contributed by atoms with E-state index < -0.39 is 5.92 Å². The number of nitrogens with one attached hydrogen (secondary N) is 1. The van der Waals surface area contributed by atoms with Crippen LogP contribution in [0.3, 0.4) is 0 Å². The van der Waals surface area contributed by atoms with Gasteiger partial charge in [0.1, 0.15) is 11.7 Å². The second-order valence-corrected chi connectivity index (χ2v) is 6.74. The smallest absolute Gasteiger partial charge is 0.205 e. The molecule has 3 aromatic rings. The summed E-state index contributed by atoms with van der Waals surface area (Å²) in [6.45, 7) is 0. The van der Waals surface area contributed by atoms with Gasteiger partial charge in [0.2, 0.25) is 5.90 Å². The third-order valence-electron chi connectivity index (χ3n) is 4.51. The van der Waals surface area contributed by atoms with E-state index in [0.717, 1.165) is 21.9 Å². The Bertz CT molecular complexity index is 1060. The second kappa shape index (κ2) is 6.07. The lowest BCUT2D eigenvalue weighted by Gasteiger charge is -2.31. The van der Waals surface area contributed by atoms with Crippen molar-refractivity contribution in [1.29, 1.82) is 10.7 Å². The van der Waals surface area contributed by atoms with E-state index in [1.165, 1.54) is 0 Å². The molecular formula is C20H12Cl2N2O. The number of benzene rings is 3. The van der Waals surface area contributed by atoms with Gasteiger partial charge in [0.15, 0.2) is 0 Å². The van der Waals surface area contributed by atoms with Gasteiger partial charge in [-0.1, -0.05) is 65.7 Å². The van der Waals surface area contributed by atoms with Gasteiger partial charge in [-0.25, -0.2) is 0 Å². The average molecular weight is 367 g/mol. The molecule has 0 spiro atoms. The van der Waals surface area contributed by atoms with Crippen LogP contribution in [0.15, 0.2) is 54.6 Å². The van der Waals surface area contributed by atoms with Crippen LogP contribution in [0.2, 0.25) is 10.0 Å². The highest BCUT2D eigenvalue weighted by Crippen LogP contribution is 2.46. The number of ether oxygens (including phenoxy) is 1. The Morgan fingerprint density at radius 3 is 2.56 bits per heavy atom. The molecule has 0 aliphatic carbocycles. The second-order valence-electron chi connectivity index (χ2n) is 5.93. The summed E-state index contributed by atoms with van der Waals surface area (Å²) in [4.78, 5) is 0. The summed E-state index contributed by atoms with van der Waals surface area (Å²) in [7, 11) is 0. The third-order valence-corrected chi connectivity index (χ3v) is 5.25. The first-order valence-corrected chi connectivity index (χ1v) is 8.48. The van der Waals surface area contributed by atoms with Crippen LogP contribution in [0.1, 0.15) is 17.0 Å². The van der Waals surface area contributed by atoms with Crippen LogP contribution in [0.5, 0.6) is 5.75 Å². The zero-order chi connectivity index (χ0) is 17.6. The molecule has 0 aromatic heterocycles. The summed E-state index contributed by atoms with van der Waals surface area (Å²) in [5.41, 5.74) is 1.71. The van der Waals surface area contributed by atoms with Crippen molar-refractivity contribution in [2.75, 3.05) is 0 Å². The maximum absolute atomic E-state index is 9.63. The molecule has 1 N–H and O–H groups in total. The zero-order valence-corrected chi connectivity index (χ0v) is 14.5. The van der Waals surface area contributed by atoms with Crippen molar-refractivity contribution >= 4 is 39.9 Å². The summed E-state index contributed by atoms with van der Waals surface area (Å²) in [6, 6.07) is 19.3. The predicted molar refractivity (Wildman–Crippen MR) is 99.7 cm³/mol. The van der Waals surface area contributed by atoms with E-state index in [9.17, 15) is 5.26 Å². The Balaban J connectivity index is 1.99. The molecule has 5 heteroatoms. The minimum Gasteiger partial charge on any atom is -0.441 e. The minimum atomic E-state index is -0.717. The maximum Gasteiger partial charge on any atom is 0.205 e. The Hall–Kier alpha value is -2.54. The standard InChI is InChI=1S/C20H12Cl2N2O/c21-16-8-6-12(9-17(16)22)18-14-7-5-11-3-1-2-4-13(11)19(14)25-20(24)15(18)10-23/h1-9,15,18,24H. The van der Waals surface area contributed by atoms with E-state index >= 15 is 0 Å². The summed E-state index contributed by atoms with van der Waals surface area (Å²) < 4.78 is 5.76. The van der Waals surface area contributed by atoms with Crippen molar-refractivity contribution < 1.29 is 4.74 Å². The van der Waals surface area contributed by atoms with E-state index in [-0.39, 0.29) is 11.8 Å². The van der Waals surface area contributed by atoms with Crippen molar-refractivity contribution in [3.05, 3.63) is 75.8 Å². The first kappa shape index (κ1) is 16.0. The molecule has 4 rings (SSSR count). The average Bonchev–Trinajstić information content (AvgIpc) is 2.63. The fourth-order valence-electron chi connectivity index (χ4n) is 3.33. The first-order chi connectivity index (χ1) is 12.1. The number of nitriles is 1. The molecule has 2 atom stereocenters. The van der Waals surface area contributed by atoms with Crippen LogP contribution in [0, 0.1) is 22.7 Å². The lowest BCUT2D eigenvalue weighted by molar-refractivity contribution is 0.455. The third kappa shape index (κ3) is 2.55. The largest absolute Gasteiger partial charge is 0.441 e. The quantitative estimate of drug-likeness (QED) is 0.592. The van der Waals surface area contributed by atoms with Gasteiger partial charge in [-0.3, -0.25) is 5.41 Å². The van der Waals surface area contributed by atoms with Gasteiger partial charge in [-0.2, -0.15) is 5.26 Å². The van der Waals surface area contributed by atoms with E-state index in [0.29, 0.717) is 15.8 Å². The predicted octanol–water partition coefficient (Wildman–Crippen LogP) is 5.79. The van der Waals surface area contributed by atoms with Gasteiger partial charge in [-0.05, 0) is 23.1 Å². The van der Waals surface area contributed by atoms with Gasteiger partial charge in [-0.15, -0.1) is 0 Å². The fraction of sp³-hybridized carbons (Fsp3) is 0.100. The Morgan fingerprint density at radius 2 is 1.80 bits per heavy atom. The van der Waals surface area contributed by atoms with Crippen LogP contribution in [-0.4, -0.2) is 5.90 Å². The minimum absolute atomic E-state index is 0.0533. The molecular weight excluding hydrogens is 355 g/mol. The Labute approximate surface area is 154 Å². The van der Waals surface area contributed by atoms with Gasteiger partial charge in [0.05, 0.1) is 16.1 Å². The lowest BCUT2D eigenvalue weighted by atomic mass is 9.78. The van der Waals surface area contributed by atoms with E-state index in [4.69, 9.17) is 33.3 Å². The normalized spacial score (nSPS) is 19.2. The highest BCUT2D eigenvalue weighted by atomic mass is 35.5. The molecule has 0 bridgehead atoms. The Kier molecular flexibility index (Phi) is 3.88. The van der Waals surface area contributed by atoms with Crippen LogP contribution in [0.25, 0.3) is 10.8 Å². The summed E-state index contributed by atoms with van der Waals surface area (Å²) in [5.74, 6) is -0.473. The van der Waals surface area contributed by atoms with Crippen LogP contribution < -0.4 is 4.74 Å². The van der Waals surface area contributed by atoms with Crippen LogP contribution in [-0.2, 0) is 0 Å². The van der Waals surface area contributed by atoms with Crippen molar-refractivity contribution in [3.63, 3.8) is 0 Å². The highest BCUT2D eigenvalue weighted by molar-refractivity contribution is 6.42. The van der Waals surface area contributed by atoms with E-state index in [2.05, 4.69) is 6.07 Å². The zero-order valence-electron chi connectivity index (χ0n) is 13.0. The topological polar surface area (TPSA) is 56.9 Å². The summed E-state index contributed by atoms with van der Waals surface area (Å²) >= 11 is 12.2. The number of hydrogen-bond acceptors (Lipinski definition) is 3.